The predicted molar refractivity (Wildman–Crippen MR) is 58.7 cm³/mol. The molecule has 1 aromatic heterocycles. The Labute approximate surface area is 105 Å². The fraction of sp³-hybridized carbons (Fsp3) is 0.0909. The molecule has 0 spiro atoms. The molecule has 0 saturated carbocycles. The molecule has 18 heavy (non-hydrogen) atoms. The first kappa shape index (κ1) is 12.6. The topological polar surface area (TPSA) is 34.9 Å². The average molecular weight is 275 g/mol. The molecule has 0 bridgehead atoms. The number of hydrogen-bond acceptors (Lipinski definition) is 2. The Morgan fingerprint density at radius 3 is 2.28 bits per heavy atom. The number of alkyl halides is 3. The van der Waals surface area contributed by atoms with E-state index in [-0.39, 0.29) is 0 Å². The molecule has 0 saturated heterocycles. The van der Waals surface area contributed by atoms with Gasteiger partial charge in [0.25, 0.3) is 5.24 Å². The van der Waals surface area contributed by atoms with E-state index < -0.39 is 22.7 Å². The molecule has 2 aromatic rings. The Bertz CT molecular complexity index is 578. The Morgan fingerprint density at radius 1 is 1.22 bits per heavy atom. The lowest BCUT2D eigenvalue weighted by molar-refractivity contribution is -0.141. The monoisotopic (exact) mass is 274 g/mol. The molecule has 2 rings (SSSR count). The summed E-state index contributed by atoms with van der Waals surface area (Å²) in [4.78, 5) is 11.0. The zero-order chi connectivity index (χ0) is 13.3. The van der Waals surface area contributed by atoms with Crippen LogP contribution in [0.15, 0.2) is 36.5 Å². The normalized spacial score (nSPS) is 11.6. The first-order valence-electron chi connectivity index (χ1n) is 4.81. The molecule has 0 amide bonds. The molecule has 0 aliphatic heterocycles. The minimum absolute atomic E-state index is 0.409. The molecule has 0 radical (unpaired) electrons. The molecule has 0 atom stereocenters. The van der Waals surface area contributed by atoms with Crippen LogP contribution in [0.2, 0.25) is 0 Å². The van der Waals surface area contributed by atoms with Crippen molar-refractivity contribution in [2.75, 3.05) is 0 Å². The number of hydrogen-bond donors (Lipinski definition) is 0. The van der Waals surface area contributed by atoms with E-state index in [1.807, 2.05) is 0 Å². The zero-order valence-electron chi connectivity index (χ0n) is 8.78. The highest BCUT2D eigenvalue weighted by Gasteiger charge is 2.39. The van der Waals surface area contributed by atoms with Crippen LogP contribution in [0.1, 0.15) is 16.1 Å². The van der Waals surface area contributed by atoms with Gasteiger partial charge in [0, 0.05) is 6.20 Å². The second kappa shape index (κ2) is 4.45. The number of aromatic nitrogens is 2. The Hall–Kier alpha value is -1.82. The van der Waals surface area contributed by atoms with Gasteiger partial charge in [-0.05, 0) is 23.7 Å². The summed E-state index contributed by atoms with van der Waals surface area (Å²) in [6.07, 6.45) is -3.76. The number of benzene rings is 1. The summed E-state index contributed by atoms with van der Waals surface area (Å²) >= 11 is 5.12. The highest BCUT2D eigenvalue weighted by molar-refractivity contribution is 6.67. The van der Waals surface area contributed by atoms with Gasteiger partial charge in [-0.15, -0.1) is 0 Å². The Balaban J connectivity index is 2.57. The van der Waals surface area contributed by atoms with Gasteiger partial charge >= 0.3 is 6.18 Å². The molecular weight excluding hydrogens is 269 g/mol. The molecule has 0 fully saturated rings. The highest BCUT2D eigenvalue weighted by atomic mass is 35.5. The second-order valence-electron chi connectivity index (χ2n) is 3.44. The van der Waals surface area contributed by atoms with Crippen molar-refractivity contribution in [3.05, 3.63) is 47.8 Å². The SMILES string of the molecule is O=C(Cl)c1cn(-c2ccccc2)nc1C(F)(F)F. The minimum atomic E-state index is -4.72. The summed E-state index contributed by atoms with van der Waals surface area (Å²) in [7, 11) is 0. The van der Waals surface area contributed by atoms with Gasteiger partial charge in [0.05, 0.1) is 11.3 Å². The molecule has 1 heterocycles. The summed E-state index contributed by atoms with van der Waals surface area (Å²) in [5.74, 6) is 0. The van der Waals surface area contributed by atoms with Crippen molar-refractivity contribution in [2.24, 2.45) is 0 Å². The van der Waals surface area contributed by atoms with Crippen molar-refractivity contribution in [1.82, 2.24) is 9.78 Å². The standard InChI is InChI=1S/C11H6ClF3N2O/c12-10(18)8-6-17(7-4-2-1-3-5-7)16-9(8)11(13,14)15/h1-6H. The van der Waals surface area contributed by atoms with Crippen LogP contribution >= 0.6 is 11.6 Å². The molecule has 0 N–H and O–H groups in total. The average Bonchev–Trinajstić information content (AvgIpc) is 2.74. The highest BCUT2D eigenvalue weighted by Crippen LogP contribution is 2.32. The van der Waals surface area contributed by atoms with Gasteiger partial charge < -0.3 is 0 Å². The van der Waals surface area contributed by atoms with Crippen molar-refractivity contribution >= 4 is 16.8 Å². The summed E-state index contributed by atoms with van der Waals surface area (Å²) in [5, 5.41) is 2.17. The van der Waals surface area contributed by atoms with Gasteiger partial charge in [-0.3, -0.25) is 4.79 Å². The van der Waals surface area contributed by atoms with Crippen LogP contribution in [0.4, 0.5) is 13.2 Å². The van der Waals surface area contributed by atoms with Crippen molar-refractivity contribution < 1.29 is 18.0 Å². The third-order valence-electron chi connectivity index (χ3n) is 2.22. The quantitative estimate of drug-likeness (QED) is 0.788. The number of carbonyl (C=O) groups excluding carboxylic acids is 1. The van der Waals surface area contributed by atoms with E-state index >= 15 is 0 Å². The second-order valence-corrected chi connectivity index (χ2v) is 3.79. The van der Waals surface area contributed by atoms with Gasteiger partial charge in [0.1, 0.15) is 0 Å². The number of para-hydroxylation sites is 1. The molecule has 94 valence electrons. The minimum Gasteiger partial charge on any atom is -0.275 e. The van der Waals surface area contributed by atoms with E-state index in [0.717, 1.165) is 10.9 Å². The van der Waals surface area contributed by atoms with E-state index in [2.05, 4.69) is 5.10 Å². The summed E-state index contributed by atoms with van der Waals surface area (Å²) in [5.41, 5.74) is -1.54. The third kappa shape index (κ3) is 2.38. The van der Waals surface area contributed by atoms with Crippen LogP contribution in [-0.4, -0.2) is 15.0 Å². The molecule has 0 unspecified atom stereocenters. The largest absolute Gasteiger partial charge is 0.435 e. The van der Waals surface area contributed by atoms with E-state index in [1.54, 1.807) is 30.3 Å². The molecule has 0 aliphatic carbocycles. The Morgan fingerprint density at radius 2 is 1.83 bits per heavy atom. The molecular formula is C11H6ClF3N2O. The predicted octanol–water partition coefficient (Wildman–Crippen LogP) is 3.27. The Kier molecular flexibility index (Phi) is 3.13. The molecule has 1 aromatic carbocycles. The van der Waals surface area contributed by atoms with Gasteiger partial charge in [-0.1, -0.05) is 18.2 Å². The molecule has 0 aliphatic rings. The van der Waals surface area contributed by atoms with Gasteiger partial charge in [-0.2, -0.15) is 18.3 Å². The lowest BCUT2D eigenvalue weighted by Gasteiger charge is -2.03. The molecule has 3 nitrogen and oxygen atoms in total. The van der Waals surface area contributed by atoms with Crippen molar-refractivity contribution in [1.29, 1.82) is 0 Å². The smallest absolute Gasteiger partial charge is 0.275 e. The van der Waals surface area contributed by atoms with Crippen molar-refractivity contribution in [3.8, 4) is 5.69 Å². The van der Waals surface area contributed by atoms with Crippen molar-refractivity contribution in [3.63, 3.8) is 0 Å². The van der Waals surface area contributed by atoms with Gasteiger partial charge in [-0.25, -0.2) is 4.68 Å². The van der Waals surface area contributed by atoms with Gasteiger partial charge in [0.2, 0.25) is 0 Å². The van der Waals surface area contributed by atoms with E-state index in [9.17, 15) is 18.0 Å². The lowest BCUT2D eigenvalue weighted by atomic mass is 10.2. The fourth-order valence-electron chi connectivity index (χ4n) is 1.44. The number of rotatable bonds is 2. The maximum atomic E-state index is 12.7. The zero-order valence-corrected chi connectivity index (χ0v) is 9.53. The number of nitrogens with zero attached hydrogens (tertiary/aromatic N) is 2. The van der Waals surface area contributed by atoms with E-state index in [1.165, 1.54) is 0 Å². The van der Waals surface area contributed by atoms with Crippen LogP contribution < -0.4 is 0 Å². The van der Waals surface area contributed by atoms with Crippen LogP contribution in [0.3, 0.4) is 0 Å². The van der Waals surface area contributed by atoms with Gasteiger partial charge in [0.15, 0.2) is 5.69 Å². The number of halogens is 4. The lowest BCUT2D eigenvalue weighted by Crippen LogP contribution is -2.10. The molecule has 7 heteroatoms. The first-order chi connectivity index (χ1) is 8.39. The van der Waals surface area contributed by atoms with Crippen LogP contribution in [0, 0.1) is 0 Å². The third-order valence-corrected chi connectivity index (χ3v) is 2.42. The fourth-order valence-corrected chi connectivity index (χ4v) is 1.58. The van der Waals surface area contributed by atoms with E-state index in [4.69, 9.17) is 11.6 Å². The van der Waals surface area contributed by atoms with Crippen LogP contribution in [-0.2, 0) is 6.18 Å². The summed E-state index contributed by atoms with van der Waals surface area (Å²) < 4.78 is 38.9. The maximum absolute atomic E-state index is 12.7. The van der Waals surface area contributed by atoms with E-state index in [0.29, 0.717) is 5.69 Å². The van der Waals surface area contributed by atoms with Crippen LogP contribution in [0.5, 0.6) is 0 Å². The van der Waals surface area contributed by atoms with Crippen LogP contribution in [0.25, 0.3) is 5.69 Å². The maximum Gasteiger partial charge on any atom is 0.435 e. The van der Waals surface area contributed by atoms with Crippen molar-refractivity contribution in [2.45, 2.75) is 6.18 Å². The first-order valence-corrected chi connectivity index (χ1v) is 5.19. The summed E-state index contributed by atoms with van der Waals surface area (Å²) in [6.45, 7) is 0. The number of carbonyl (C=O) groups is 1. The summed E-state index contributed by atoms with van der Waals surface area (Å²) in [6, 6.07) is 8.13.